The van der Waals surface area contributed by atoms with Crippen molar-refractivity contribution in [1.29, 1.82) is 0 Å². The third-order valence-corrected chi connectivity index (χ3v) is 7.66. The first-order chi connectivity index (χ1) is 13.9. The summed E-state index contributed by atoms with van der Waals surface area (Å²) in [5.74, 6) is 0. The molecule has 1 aliphatic heterocycles. The quantitative estimate of drug-likeness (QED) is 0.510. The van der Waals surface area contributed by atoms with E-state index < -0.39 is 10.0 Å². The molecule has 0 bridgehead atoms. The standard InChI is InChI=1S/C19H20BrN5O2S2/c20-16-5-4-8-18(13-16)29(26,27)23-11-9-22(10-12-23)15-25-19(28)24(14-21-25)17-6-2-1-3-7-17/h1-8,13-14H,9-12,15H2. The number of hydrogen-bond acceptors (Lipinski definition) is 5. The summed E-state index contributed by atoms with van der Waals surface area (Å²) in [7, 11) is -3.49. The van der Waals surface area contributed by atoms with Gasteiger partial charge < -0.3 is 0 Å². The molecule has 0 spiro atoms. The second-order valence-corrected chi connectivity index (χ2v) is 9.96. The SMILES string of the molecule is O=S(=O)(c1cccc(Br)c1)N1CCN(Cn2ncn(-c3ccccc3)c2=S)CC1. The largest absolute Gasteiger partial charge is 0.282 e. The second-order valence-electron chi connectivity index (χ2n) is 6.74. The van der Waals surface area contributed by atoms with Crippen LogP contribution >= 0.6 is 28.1 Å². The molecule has 152 valence electrons. The number of sulfonamides is 1. The van der Waals surface area contributed by atoms with E-state index in [2.05, 4.69) is 25.9 Å². The molecule has 10 heteroatoms. The minimum Gasteiger partial charge on any atom is -0.282 e. The predicted molar refractivity (Wildman–Crippen MR) is 117 cm³/mol. The van der Waals surface area contributed by atoms with Crippen LogP contribution < -0.4 is 0 Å². The van der Waals surface area contributed by atoms with Crippen LogP contribution in [0.3, 0.4) is 0 Å². The van der Waals surface area contributed by atoms with Crippen molar-refractivity contribution < 1.29 is 8.42 Å². The van der Waals surface area contributed by atoms with Gasteiger partial charge in [0.25, 0.3) is 0 Å². The van der Waals surface area contributed by atoms with Crippen LogP contribution in [0, 0.1) is 4.77 Å². The van der Waals surface area contributed by atoms with Crippen LogP contribution in [0.4, 0.5) is 0 Å². The maximum absolute atomic E-state index is 12.9. The van der Waals surface area contributed by atoms with Gasteiger partial charge >= 0.3 is 0 Å². The monoisotopic (exact) mass is 493 g/mol. The van der Waals surface area contributed by atoms with Gasteiger partial charge in [-0.1, -0.05) is 40.2 Å². The molecule has 1 fully saturated rings. The van der Waals surface area contributed by atoms with E-state index in [4.69, 9.17) is 12.2 Å². The Kier molecular flexibility index (Phi) is 5.98. The van der Waals surface area contributed by atoms with Crippen molar-refractivity contribution in [3.05, 3.63) is 70.2 Å². The molecule has 3 aromatic rings. The third kappa shape index (κ3) is 4.36. The molecule has 4 rings (SSSR count). The molecule has 0 unspecified atom stereocenters. The van der Waals surface area contributed by atoms with Gasteiger partial charge in [-0.05, 0) is 42.5 Å². The molecule has 0 saturated carbocycles. The van der Waals surface area contributed by atoms with Gasteiger partial charge in [-0.3, -0.25) is 9.47 Å². The maximum Gasteiger partial charge on any atom is 0.243 e. The van der Waals surface area contributed by atoms with Gasteiger partial charge in [0.2, 0.25) is 14.8 Å². The molecule has 0 amide bonds. The van der Waals surface area contributed by atoms with E-state index in [1.165, 1.54) is 4.31 Å². The summed E-state index contributed by atoms with van der Waals surface area (Å²) in [6.45, 7) is 2.63. The first-order valence-electron chi connectivity index (χ1n) is 9.13. The summed E-state index contributed by atoms with van der Waals surface area (Å²) in [6, 6.07) is 16.6. The highest BCUT2D eigenvalue weighted by atomic mass is 79.9. The average molecular weight is 494 g/mol. The summed E-state index contributed by atoms with van der Waals surface area (Å²) in [5.41, 5.74) is 0.966. The van der Waals surface area contributed by atoms with Crippen LogP contribution in [-0.2, 0) is 16.7 Å². The predicted octanol–water partition coefficient (Wildman–Crippen LogP) is 3.13. The highest BCUT2D eigenvalue weighted by molar-refractivity contribution is 9.10. The Morgan fingerprint density at radius 2 is 1.72 bits per heavy atom. The van der Waals surface area contributed by atoms with Gasteiger partial charge in [0, 0.05) is 36.3 Å². The second kappa shape index (κ2) is 8.49. The fraction of sp³-hybridized carbons (Fsp3) is 0.263. The summed E-state index contributed by atoms with van der Waals surface area (Å²) in [4.78, 5) is 2.47. The van der Waals surface area contributed by atoms with Gasteiger partial charge in [-0.2, -0.15) is 9.40 Å². The van der Waals surface area contributed by atoms with Crippen molar-refractivity contribution in [2.75, 3.05) is 26.2 Å². The molecule has 2 heterocycles. The molecular formula is C19H20BrN5O2S2. The first-order valence-corrected chi connectivity index (χ1v) is 11.8. The van der Waals surface area contributed by atoms with Crippen molar-refractivity contribution in [2.45, 2.75) is 11.6 Å². The van der Waals surface area contributed by atoms with Crippen LogP contribution in [0.5, 0.6) is 0 Å². The maximum atomic E-state index is 12.9. The Morgan fingerprint density at radius 3 is 2.41 bits per heavy atom. The zero-order valence-corrected chi connectivity index (χ0v) is 18.8. The van der Waals surface area contributed by atoms with Crippen molar-refractivity contribution in [3.8, 4) is 5.69 Å². The van der Waals surface area contributed by atoms with E-state index in [0.717, 1.165) is 10.2 Å². The minimum atomic E-state index is -3.49. The summed E-state index contributed by atoms with van der Waals surface area (Å²) < 4.78 is 32.3. The van der Waals surface area contributed by atoms with Crippen LogP contribution in [0.1, 0.15) is 0 Å². The van der Waals surface area contributed by atoms with Crippen molar-refractivity contribution in [3.63, 3.8) is 0 Å². The van der Waals surface area contributed by atoms with Crippen LogP contribution in [0.2, 0.25) is 0 Å². The van der Waals surface area contributed by atoms with Crippen molar-refractivity contribution in [2.24, 2.45) is 0 Å². The highest BCUT2D eigenvalue weighted by Crippen LogP contribution is 2.21. The molecular weight excluding hydrogens is 474 g/mol. The summed E-state index contributed by atoms with van der Waals surface area (Å²) in [6.07, 6.45) is 1.71. The Bertz CT molecular complexity index is 1150. The molecule has 1 aromatic heterocycles. The number of para-hydroxylation sites is 1. The fourth-order valence-electron chi connectivity index (χ4n) is 3.28. The van der Waals surface area contributed by atoms with E-state index >= 15 is 0 Å². The molecule has 0 N–H and O–H groups in total. The zero-order valence-electron chi connectivity index (χ0n) is 15.6. The first kappa shape index (κ1) is 20.4. The molecule has 1 aliphatic rings. The van der Waals surface area contributed by atoms with Gasteiger partial charge in [0.15, 0.2) is 0 Å². The molecule has 0 aliphatic carbocycles. The smallest absolute Gasteiger partial charge is 0.243 e. The van der Waals surface area contributed by atoms with Gasteiger partial charge in [0.05, 0.1) is 11.6 Å². The number of nitrogens with zero attached hydrogens (tertiary/aromatic N) is 5. The number of rotatable bonds is 5. The van der Waals surface area contributed by atoms with E-state index in [9.17, 15) is 8.42 Å². The third-order valence-electron chi connectivity index (χ3n) is 4.87. The Hall–Kier alpha value is -1.85. The molecule has 0 radical (unpaired) electrons. The number of piperazine rings is 1. The molecule has 0 atom stereocenters. The normalized spacial score (nSPS) is 16.2. The molecule has 2 aromatic carbocycles. The van der Waals surface area contributed by atoms with E-state index in [-0.39, 0.29) is 0 Å². The Balaban J connectivity index is 1.42. The Labute approximate surface area is 183 Å². The lowest BCUT2D eigenvalue weighted by Crippen LogP contribution is -2.48. The topological polar surface area (TPSA) is 63.4 Å². The zero-order chi connectivity index (χ0) is 20.4. The number of aromatic nitrogens is 3. The lowest BCUT2D eigenvalue weighted by Gasteiger charge is -2.33. The summed E-state index contributed by atoms with van der Waals surface area (Å²) in [5, 5.41) is 4.41. The highest BCUT2D eigenvalue weighted by Gasteiger charge is 2.28. The molecule has 7 nitrogen and oxygen atoms in total. The lowest BCUT2D eigenvalue weighted by atomic mass is 10.3. The van der Waals surface area contributed by atoms with Crippen molar-refractivity contribution >= 4 is 38.2 Å². The Morgan fingerprint density at radius 1 is 1.00 bits per heavy atom. The molecule has 29 heavy (non-hydrogen) atoms. The van der Waals surface area contributed by atoms with Gasteiger partial charge in [-0.25, -0.2) is 13.1 Å². The lowest BCUT2D eigenvalue weighted by molar-refractivity contribution is 0.144. The van der Waals surface area contributed by atoms with E-state index in [0.29, 0.717) is 42.5 Å². The van der Waals surface area contributed by atoms with Crippen LogP contribution in [0.15, 0.2) is 70.3 Å². The van der Waals surface area contributed by atoms with E-state index in [1.54, 1.807) is 29.2 Å². The number of benzene rings is 2. The van der Waals surface area contributed by atoms with Crippen LogP contribution in [0.25, 0.3) is 5.69 Å². The minimum absolute atomic E-state index is 0.309. The van der Waals surface area contributed by atoms with Crippen molar-refractivity contribution in [1.82, 2.24) is 23.6 Å². The molecule has 1 saturated heterocycles. The van der Waals surface area contributed by atoms with Gasteiger partial charge in [0.1, 0.15) is 6.33 Å². The summed E-state index contributed by atoms with van der Waals surface area (Å²) >= 11 is 8.90. The number of hydrogen-bond donors (Lipinski definition) is 0. The average Bonchev–Trinajstić information content (AvgIpc) is 3.09. The van der Waals surface area contributed by atoms with Gasteiger partial charge in [-0.15, -0.1) is 0 Å². The fourth-order valence-corrected chi connectivity index (χ4v) is 5.55. The van der Waals surface area contributed by atoms with Crippen LogP contribution in [-0.4, -0.2) is 58.1 Å². The van der Waals surface area contributed by atoms with E-state index in [1.807, 2.05) is 41.0 Å². The number of halogens is 1.